The molecule has 1 heterocycles. The first-order chi connectivity index (χ1) is 12.4. The lowest BCUT2D eigenvalue weighted by Crippen LogP contribution is -2.52. The molecule has 1 aromatic rings. The van der Waals surface area contributed by atoms with Gasteiger partial charge in [-0.05, 0) is 62.9 Å². The summed E-state index contributed by atoms with van der Waals surface area (Å²) in [5, 5.41) is 2.91. The highest BCUT2D eigenvalue weighted by atomic mass is 35.5. The molecule has 0 bridgehead atoms. The quantitative estimate of drug-likeness (QED) is 0.740. The van der Waals surface area contributed by atoms with Crippen LogP contribution in [-0.2, 0) is 4.79 Å². The Morgan fingerprint density at radius 1 is 1.30 bits per heavy atom. The standard InChI is InChI=1S/C20H31N3O3.ClH/c1-5-26-17-8-6-16(7-9-17)19(24)22-18(13(2)3)20(25)23-12-15(11-21)10-14(23)4;/h6-9,13-15,18H,5,10-12,21H2,1-4H3,(H,22,24);1H. The molecular formula is C20H32ClN3O3. The van der Waals surface area contributed by atoms with Crippen LogP contribution in [0.1, 0.15) is 44.5 Å². The molecular weight excluding hydrogens is 366 g/mol. The van der Waals surface area contributed by atoms with Crippen LogP contribution in [-0.4, -0.2) is 48.5 Å². The SMILES string of the molecule is CCOc1ccc(C(=O)NC(C(=O)N2CC(CN)CC2C)C(C)C)cc1.Cl. The molecule has 1 saturated heterocycles. The number of rotatable bonds is 7. The van der Waals surface area contributed by atoms with Crippen molar-refractivity contribution in [3.8, 4) is 5.75 Å². The third kappa shape index (κ3) is 5.84. The molecule has 3 atom stereocenters. The van der Waals surface area contributed by atoms with Gasteiger partial charge in [0.2, 0.25) is 5.91 Å². The number of nitrogens with two attached hydrogens (primary N) is 1. The zero-order valence-corrected chi connectivity index (χ0v) is 17.4. The van der Waals surface area contributed by atoms with E-state index in [4.69, 9.17) is 10.5 Å². The van der Waals surface area contributed by atoms with Crippen LogP contribution in [0.4, 0.5) is 0 Å². The Hall–Kier alpha value is -1.79. The van der Waals surface area contributed by atoms with Crippen LogP contribution in [0, 0.1) is 11.8 Å². The van der Waals surface area contributed by atoms with Crippen molar-refractivity contribution in [3.63, 3.8) is 0 Å². The third-order valence-electron chi connectivity index (χ3n) is 4.92. The number of likely N-dealkylation sites (tertiary alicyclic amines) is 1. The second-order valence-electron chi connectivity index (χ2n) is 7.33. The average Bonchev–Trinajstić information content (AvgIpc) is 3.00. The van der Waals surface area contributed by atoms with Gasteiger partial charge >= 0.3 is 0 Å². The second kappa shape index (κ2) is 10.5. The van der Waals surface area contributed by atoms with Crippen LogP contribution in [0.2, 0.25) is 0 Å². The van der Waals surface area contributed by atoms with Crippen molar-refractivity contribution >= 4 is 24.2 Å². The van der Waals surface area contributed by atoms with Gasteiger partial charge in [-0.1, -0.05) is 13.8 Å². The molecule has 6 nitrogen and oxygen atoms in total. The van der Waals surface area contributed by atoms with E-state index in [-0.39, 0.29) is 36.2 Å². The monoisotopic (exact) mass is 397 g/mol. The Balaban J connectivity index is 0.00000364. The summed E-state index contributed by atoms with van der Waals surface area (Å²) < 4.78 is 5.40. The summed E-state index contributed by atoms with van der Waals surface area (Å²) >= 11 is 0. The van der Waals surface area contributed by atoms with E-state index in [9.17, 15) is 9.59 Å². The second-order valence-corrected chi connectivity index (χ2v) is 7.33. The van der Waals surface area contributed by atoms with E-state index in [1.54, 1.807) is 24.3 Å². The molecule has 7 heteroatoms. The van der Waals surface area contributed by atoms with E-state index in [0.717, 1.165) is 12.2 Å². The topological polar surface area (TPSA) is 84.7 Å². The number of amides is 2. The Morgan fingerprint density at radius 3 is 2.41 bits per heavy atom. The van der Waals surface area contributed by atoms with Gasteiger partial charge in [0, 0.05) is 18.2 Å². The van der Waals surface area contributed by atoms with E-state index in [0.29, 0.717) is 31.2 Å². The smallest absolute Gasteiger partial charge is 0.251 e. The number of nitrogens with one attached hydrogen (secondary N) is 1. The maximum Gasteiger partial charge on any atom is 0.251 e. The van der Waals surface area contributed by atoms with Crippen LogP contribution >= 0.6 is 12.4 Å². The van der Waals surface area contributed by atoms with Gasteiger partial charge in [-0.25, -0.2) is 0 Å². The highest BCUT2D eigenvalue weighted by molar-refractivity contribution is 5.97. The van der Waals surface area contributed by atoms with Crippen molar-refractivity contribution in [3.05, 3.63) is 29.8 Å². The Kier molecular flexibility index (Phi) is 9.06. The molecule has 27 heavy (non-hydrogen) atoms. The number of nitrogens with zero attached hydrogens (tertiary/aromatic N) is 1. The maximum absolute atomic E-state index is 13.0. The lowest BCUT2D eigenvalue weighted by molar-refractivity contribution is -0.135. The van der Waals surface area contributed by atoms with Crippen molar-refractivity contribution in [2.45, 2.75) is 46.2 Å². The van der Waals surface area contributed by atoms with Crippen molar-refractivity contribution in [2.75, 3.05) is 19.7 Å². The summed E-state index contributed by atoms with van der Waals surface area (Å²) in [5.74, 6) is 0.783. The van der Waals surface area contributed by atoms with Crippen LogP contribution in [0.25, 0.3) is 0 Å². The number of hydrogen-bond donors (Lipinski definition) is 2. The van der Waals surface area contributed by atoms with Crippen molar-refractivity contribution in [1.82, 2.24) is 10.2 Å². The summed E-state index contributed by atoms with van der Waals surface area (Å²) in [5.41, 5.74) is 6.28. The van der Waals surface area contributed by atoms with Crippen molar-refractivity contribution in [1.29, 1.82) is 0 Å². The highest BCUT2D eigenvalue weighted by Gasteiger charge is 2.36. The van der Waals surface area contributed by atoms with Gasteiger partial charge in [-0.2, -0.15) is 0 Å². The molecule has 0 radical (unpaired) electrons. The molecule has 1 aliphatic rings. The minimum atomic E-state index is -0.548. The molecule has 3 N–H and O–H groups in total. The lowest BCUT2D eigenvalue weighted by atomic mass is 10.0. The molecule has 1 fully saturated rings. The van der Waals surface area contributed by atoms with Gasteiger partial charge in [0.1, 0.15) is 11.8 Å². The summed E-state index contributed by atoms with van der Waals surface area (Å²) in [6.45, 7) is 9.67. The molecule has 3 unspecified atom stereocenters. The van der Waals surface area contributed by atoms with Gasteiger partial charge in [0.15, 0.2) is 0 Å². The fraction of sp³-hybridized carbons (Fsp3) is 0.600. The highest BCUT2D eigenvalue weighted by Crippen LogP contribution is 2.24. The molecule has 1 aliphatic heterocycles. The fourth-order valence-electron chi connectivity index (χ4n) is 3.41. The number of halogens is 1. The lowest BCUT2D eigenvalue weighted by Gasteiger charge is -2.29. The predicted molar refractivity (Wildman–Crippen MR) is 109 cm³/mol. The number of hydrogen-bond acceptors (Lipinski definition) is 4. The normalized spacial score (nSPS) is 20.1. The minimum Gasteiger partial charge on any atom is -0.494 e. The molecule has 0 aliphatic carbocycles. The van der Waals surface area contributed by atoms with E-state index < -0.39 is 6.04 Å². The van der Waals surface area contributed by atoms with E-state index in [1.165, 1.54) is 0 Å². The zero-order valence-electron chi connectivity index (χ0n) is 16.6. The van der Waals surface area contributed by atoms with Gasteiger partial charge in [0.25, 0.3) is 5.91 Å². The van der Waals surface area contributed by atoms with Crippen molar-refractivity contribution < 1.29 is 14.3 Å². The Bertz CT molecular complexity index is 621. The minimum absolute atomic E-state index is 0. The summed E-state index contributed by atoms with van der Waals surface area (Å²) in [7, 11) is 0. The first-order valence-corrected chi connectivity index (χ1v) is 9.41. The molecule has 0 spiro atoms. The van der Waals surface area contributed by atoms with Gasteiger partial charge in [0.05, 0.1) is 6.61 Å². The largest absolute Gasteiger partial charge is 0.494 e. The van der Waals surface area contributed by atoms with Crippen LogP contribution in [0.3, 0.4) is 0 Å². The summed E-state index contributed by atoms with van der Waals surface area (Å²) in [4.78, 5) is 27.5. The number of ether oxygens (including phenoxy) is 1. The van der Waals surface area contributed by atoms with Crippen LogP contribution in [0.5, 0.6) is 5.75 Å². The summed E-state index contributed by atoms with van der Waals surface area (Å²) in [6.07, 6.45) is 0.917. The third-order valence-corrected chi connectivity index (χ3v) is 4.92. The first kappa shape index (κ1) is 23.2. The first-order valence-electron chi connectivity index (χ1n) is 9.41. The average molecular weight is 398 g/mol. The molecule has 2 rings (SSSR count). The Morgan fingerprint density at radius 2 is 1.93 bits per heavy atom. The summed E-state index contributed by atoms with van der Waals surface area (Å²) in [6, 6.07) is 6.56. The predicted octanol–water partition coefficient (Wildman–Crippen LogP) is 2.46. The van der Waals surface area contributed by atoms with Gasteiger partial charge < -0.3 is 20.7 Å². The van der Waals surface area contributed by atoms with E-state index >= 15 is 0 Å². The molecule has 1 aromatic carbocycles. The van der Waals surface area contributed by atoms with E-state index in [1.807, 2.05) is 32.6 Å². The number of benzene rings is 1. The van der Waals surface area contributed by atoms with Crippen molar-refractivity contribution in [2.24, 2.45) is 17.6 Å². The van der Waals surface area contributed by atoms with Gasteiger partial charge in [-0.15, -0.1) is 12.4 Å². The number of carbonyl (C=O) groups is 2. The molecule has 2 amide bonds. The van der Waals surface area contributed by atoms with Crippen LogP contribution in [0.15, 0.2) is 24.3 Å². The molecule has 0 aromatic heterocycles. The fourth-order valence-corrected chi connectivity index (χ4v) is 3.41. The molecule has 152 valence electrons. The Labute approximate surface area is 168 Å². The van der Waals surface area contributed by atoms with E-state index in [2.05, 4.69) is 5.32 Å². The zero-order chi connectivity index (χ0) is 19.3. The van der Waals surface area contributed by atoms with Crippen LogP contribution < -0.4 is 15.8 Å². The maximum atomic E-state index is 13.0. The molecule has 0 saturated carbocycles. The number of carbonyl (C=O) groups excluding carboxylic acids is 2. The van der Waals surface area contributed by atoms with Gasteiger partial charge in [-0.3, -0.25) is 9.59 Å².